The van der Waals surface area contributed by atoms with Crippen molar-refractivity contribution in [2.24, 2.45) is 0 Å². The van der Waals surface area contributed by atoms with Gasteiger partial charge in [-0.3, -0.25) is 14.9 Å². The smallest absolute Gasteiger partial charge is 0.469 e. The zero-order valence-electron chi connectivity index (χ0n) is 10.4. The van der Waals surface area contributed by atoms with Gasteiger partial charge in [0.05, 0.1) is 18.5 Å². The second-order valence-electron chi connectivity index (χ2n) is 3.63. The number of hydrogen-bond acceptors (Lipinski definition) is 6. The predicted octanol–water partition coefficient (Wildman–Crippen LogP) is 1.91. The van der Waals surface area contributed by atoms with Crippen LogP contribution in [0, 0.1) is 17.0 Å². The number of nitrogens with zero attached hydrogens (tertiary/aromatic N) is 2. The lowest BCUT2D eigenvalue weighted by molar-refractivity contribution is -0.389. The Kier molecular flexibility index (Phi) is 4.48. The number of aryl methyl sites for hydroxylation is 1. The van der Waals surface area contributed by atoms with Crippen molar-refractivity contribution in [2.45, 2.75) is 19.7 Å². The number of halogens is 3. The maximum atomic E-state index is 12.2. The van der Waals surface area contributed by atoms with Gasteiger partial charge in [0.15, 0.2) is 0 Å². The van der Waals surface area contributed by atoms with Crippen molar-refractivity contribution >= 4 is 11.7 Å². The number of nitro groups is 1. The Balaban J connectivity index is 3.36. The summed E-state index contributed by atoms with van der Waals surface area (Å²) in [7, 11) is 1.05. The van der Waals surface area contributed by atoms with Crippen LogP contribution in [0.1, 0.15) is 11.3 Å². The number of carbonyl (C=O) groups is 1. The first-order valence-electron chi connectivity index (χ1n) is 5.11. The molecule has 0 unspecified atom stereocenters. The van der Waals surface area contributed by atoms with E-state index < -0.39 is 35.2 Å². The lowest BCUT2D eigenvalue weighted by Crippen LogP contribution is -2.20. The molecule has 0 aliphatic carbocycles. The molecule has 0 N–H and O–H groups in total. The molecule has 0 amide bonds. The van der Waals surface area contributed by atoms with Crippen molar-refractivity contribution in [1.29, 1.82) is 0 Å². The average molecular weight is 294 g/mol. The minimum absolute atomic E-state index is 0.0359. The van der Waals surface area contributed by atoms with Crippen molar-refractivity contribution in [1.82, 2.24) is 4.98 Å². The summed E-state index contributed by atoms with van der Waals surface area (Å²) in [4.78, 5) is 24.3. The number of hydrogen-bond donors (Lipinski definition) is 0. The summed E-state index contributed by atoms with van der Waals surface area (Å²) in [5.41, 5.74) is -1.25. The van der Waals surface area contributed by atoms with E-state index in [0.29, 0.717) is 0 Å². The molecule has 0 radical (unpaired) electrons. The van der Waals surface area contributed by atoms with Crippen LogP contribution in [-0.2, 0) is 16.0 Å². The fourth-order valence-corrected chi connectivity index (χ4v) is 1.44. The molecule has 0 saturated heterocycles. The van der Waals surface area contributed by atoms with Crippen molar-refractivity contribution in [2.75, 3.05) is 7.11 Å². The Hall–Kier alpha value is -2.39. The van der Waals surface area contributed by atoms with E-state index in [4.69, 9.17) is 0 Å². The monoisotopic (exact) mass is 294 g/mol. The van der Waals surface area contributed by atoms with E-state index in [-0.39, 0.29) is 11.3 Å². The Labute approximate surface area is 110 Å². The molecule has 0 saturated carbocycles. The first kappa shape index (κ1) is 15.7. The van der Waals surface area contributed by atoms with Gasteiger partial charge in [0.1, 0.15) is 0 Å². The first-order chi connectivity index (χ1) is 9.14. The number of pyridine rings is 1. The molecule has 0 atom stereocenters. The maximum absolute atomic E-state index is 12.2. The molecule has 110 valence electrons. The summed E-state index contributed by atoms with van der Waals surface area (Å²) < 4.78 is 44.5. The fourth-order valence-electron chi connectivity index (χ4n) is 1.44. The molecular weight excluding hydrogens is 285 g/mol. The van der Waals surface area contributed by atoms with E-state index in [0.717, 1.165) is 13.2 Å². The highest BCUT2D eigenvalue weighted by Crippen LogP contribution is 2.33. The summed E-state index contributed by atoms with van der Waals surface area (Å²) in [5, 5.41) is 10.9. The van der Waals surface area contributed by atoms with Crippen LogP contribution >= 0.6 is 0 Å². The summed E-state index contributed by atoms with van der Waals surface area (Å²) in [5.74, 6) is -2.04. The zero-order valence-corrected chi connectivity index (χ0v) is 10.4. The number of esters is 1. The summed E-state index contributed by atoms with van der Waals surface area (Å²) in [6.45, 7) is 1.31. The summed E-state index contributed by atoms with van der Waals surface area (Å²) in [6.07, 6.45) is -5.70. The molecule has 1 aromatic heterocycles. The minimum Gasteiger partial charge on any atom is -0.469 e. The Bertz CT molecular complexity index is 544. The number of ether oxygens (including phenoxy) is 2. The SMILES string of the molecule is COC(=O)Cc1cc(C)nc(OC(F)(F)F)c1[N+](=O)[O-]. The molecular formula is C10H9F3N2O5. The van der Waals surface area contributed by atoms with E-state index in [1.807, 2.05) is 0 Å². The molecule has 1 heterocycles. The fraction of sp³-hybridized carbons (Fsp3) is 0.400. The number of rotatable bonds is 4. The van der Waals surface area contributed by atoms with Gasteiger partial charge in [0.2, 0.25) is 0 Å². The second-order valence-corrected chi connectivity index (χ2v) is 3.63. The third kappa shape index (κ3) is 4.07. The average Bonchev–Trinajstić information content (AvgIpc) is 2.24. The van der Waals surface area contributed by atoms with Crippen LogP contribution in [0.5, 0.6) is 5.88 Å². The van der Waals surface area contributed by atoms with Crippen LogP contribution in [0.15, 0.2) is 6.07 Å². The van der Waals surface area contributed by atoms with Gasteiger partial charge in [-0.1, -0.05) is 0 Å². The van der Waals surface area contributed by atoms with Gasteiger partial charge in [0.25, 0.3) is 0 Å². The molecule has 1 aromatic rings. The summed E-state index contributed by atoms with van der Waals surface area (Å²) >= 11 is 0. The molecule has 0 fully saturated rings. The van der Waals surface area contributed by atoms with E-state index in [1.54, 1.807) is 0 Å². The van der Waals surface area contributed by atoms with E-state index in [1.165, 1.54) is 6.92 Å². The number of carbonyl (C=O) groups excluding carboxylic acids is 1. The van der Waals surface area contributed by atoms with Gasteiger partial charge < -0.3 is 9.47 Å². The minimum atomic E-state index is -5.13. The van der Waals surface area contributed by atoms with E-state index in [9.17, 15) is 28.1 Å². The van der Waals surface area contributed by atoms with Gasteiger partial charge in [-0.25, -0.2) is 4.98 Å². The standard InChI is InChI=1S/C10H9F3N2O5/c1-5-3-6(4-7(16)19-2)8(15(17)18)9(14-5)20-10(11,12)13/h3H,4H2,1-2H3. The predicted molar refractivity (Wildman–Crippen MR) is 58.0 cm³/mol. The molecule has 10 heteroatoms. The topological polar surface area (TPSA) is 91.6 Å². The van der Waals surface area contributed by atoms with Crippen molar-refractivity contribution in [3.05, 3.63) is 27.4 Å². The van der Waals surface area contributed by atoms with Crippen molar-refractivity contribution in [3.63, 3.8) is 0 Å². The summed E-state index contributed by atoms with van der Waals surface area (Å²) in [6, 6.07) is 1.12. The van der Waals surface area contributed by atoms with Gasteiger partial charge in [-0.05, 0) is 13.0 Å². The molecule has 0 aliphatic rings. The Morgan fingerprint density at radius 3 is 2.55 bits per heavy atom. The van der Waals surface area contributed by atoms with Crippen LogP contribution < -0.4 is 4.74 Å². The zero-order chi connectivity index (χ0) is 15.5. The maximum Gasteiger partial charge on any atom is 0.574 e. The van der Waals surface area contributed by atoms with E-state index in [2.05, 4.69) is 14.5 Å². The van der Waals surface area contributed by atoms with Crippen LogP contribution in [0.2, 0.25) is 0 Å². The van der Waals surface area contributed by atoms with E-state index >= 15 is 0 Å². The van der Waals surface area contributed by atoms with Gasteiger partial charge in [-0.15, -0.1) is 13.2 Å². The van der Waals surface area contributed by atoms with Crippen LogP contribution in [0.3, 0.4) is 0 Å². The molecule has 20 heavy (non-hydrogen) atoms. The lowest BCUT2D eigenvalue weighted by Gasteiger charge is -2.11. The second kappa shape index (κ2) is 5.72. The molecule has 0 spiro atoms. The van der Waals surface area contributed by atoms with Crippen molar-refractivity contribution in [3.8, 4) is 5.88 Å². The quantitative estimate of drug-likeness (QED) is 0.478. The Morgan fingerprint density at radius 2 is 2.10 bits per heavy atom. The highest BCUT2D eigenvalue weighted by Gasteiger charge is 2.37. The highest BCUT2D eigenvalue weighted by atomic mass is 19.4. The van der Waals surface area contributed by atoms with Crippen LogP contribution in [0.4, 0.5) is 18.9 Å². The number of alkyl halides is 3. The van der Waals surface area contributed by atoms with Gasteiger partial charge >= 0.3 is 23.9 Å². The van der Waals surface area contributed by atoms with Crippen molar-refractivity contribution < 1.29 is 32.4 Å². The highest BCUT2D eigenvalue weighted by molar-refractivity contribution is 5.74. The Morgan fingerprint density at radius 1 is 1.50 bits per heavy atom. The molecule has 0 bridgehead atoms. The third-order valence-corrected chi connectivity index (χ3v) is 2.13. The number of aromatic nitrogens is 1. The third-order valence-electron chi connectivity index (χ3n) is 2.13. The van der Waals surface area contributed by atoms with Crippen LogP contribution in [-0.4, -0.2) is 29.3 Å². The molecule has 0 aromatic carbocycles. The van der Waals surface area contributed by atoms with Gasteiger partial charge in [-0.2, -0.15) is 0 Å². The molecule has 0 aliphatic heterocycles. The molecule has 1 rings (SSSR count). The van der Waals surface area contributed by atoms with Gasteiger partial charge in [0, 0.05) is 11.3 Å². The lowest BCUT2D eigenvalue weighted by atomic mass is 10.1. The first-order valence-corrected chi connectivity index (χ1v) is 5.11. The normalized spacial score (nSPS) is 11.1. The van der Waals surface area contributed by atoms with Crippen LogP contribution in [0.25, 0.3) is 0 Å². The largest absolute Gasteiger partial charge is 0.574 e. The number of methoxy groups -OCH3 is 1. The molecule has 7 nitrogen and oxygen atoms in total.